The van der Waals surface area contributed by atoms with Crippen LogP contribution in [0.2, 0.25) is 0 Å². The summed E-state index contributed by atoms with van der Waals surface area (Å²) < 4.78 is 57.6. The molecule has 2 aromatic rings. The van der Waals surface area contributed by atoms with E-state index in [-0.39, 0.29) is 29.8 Å². The number of nitrogens with zero attached hydrogens (tertiary/aromatic N) is 1. The van der Waals surface area contributed by atoms with Crippen molar-refractivity contribution in [2.45, 2.75) is 51.3 Å². The van der Waals surface area contributed by atoms with Gasteiger partial charge in [-0.05, 0) is 43.9 Å². The molecule has 27 heavy (non-hydrogen) atoms. The molecular weight excluding hydrogens is 374 g/mol. The second-order valence-corrected chi connectivity index (χ2v) is 8.86. The van der Waals surface area contributed by atoms with Crippen LogP contribution in [-0.2, 0) is 23.0 Å². The lowest BCUT2D eigenvalue weighted by atomic mass is 10.0. The normalized spacial score (nSPS) is 14.8. The summed E-state index contributed by atoms with van der Waals surface area (Å²) in [6.45, 7) is 3.57. The first-order valence-corrected chi connectivity index (χ1v) is 10.5. The van der Waals surface area contributed by atoms with Crippen molar-refractivity contribution in [2.24, 2.45) is 0 Å². The molecule has 0 spiro atoms. The van der Waals surface area contributed by atoms with Crippen molar-refractivity contribution < 1.29 is 17.2 Å². The molecule has 0 atom stereocenters. The van der Waals surface area contributed by atoms with E-state index in [0.29, 0.717) is 18.4 Å². The van der Waals surface area contributed by atoms with Gasteiger partial charge in [-0.1, -0.05) is 18.6 Å². The maximum absolute atomic E-state index is 14.8. The highest BCUT2D eigenvalue weighted by Crippen LogP contribution is 2.30. The van der Waals surface area contributed by atoms with E-state index < -0.39 is 32.5 Å². The molecule has 0 radical (unpaired) electrons. The number of hydrogen-bond acceptors (Lipinski definition) is 3. The Morgan fingerprint density at radius 1 is 1.26 bits per heavy atom. The van der Waals surface area contributed by atoms with Crippen LogP contribution in [0.3, 0.4) is 0 Å². The first kappa shape index (κ1) is 19.5. The number of rotatable bonds is 6. The van der Waals surface area contributed by atoms with Gasteiger partial charge in [-0.25, -0.2) is 17.2 Å². The summed E-state index contributed by atoms with van der Waals surface area (Å²) in [6, 6.07) is 4.51. The highest BCUT2D eigenvalue weighted by molar-refractivity contribution is 7.93. The van der Waals surface area contributed by atoms with E-state index >= 15 is 0 Å². The van der Waals surface area contributed by atoms with Gasteiger partial charge in [0, 0.05) is 24.7 Å². The molecule has 1 aromatic heterocycles. The zero-order chi connectivity index (χ0) is 19.8. The molecule has 0 unspecified atom stereocenters. The van der Waals surface area contributed by atoms with Crippen LogP contribution in [0.5, 0.6) is 0 Å². The largest absolute Gasteiger partial charge is 0.311 e. The van der Waals surface area contributed by atoms with E-state index in [0.717, 1.165) is 11.0 Å². The average molecular weight is 396 g/mol. The van der Waals surface area contributed by atoms with Crippen molar-refractivity contribution in [3.8, 4) is 0 Å². The van der Waals surface area contributed by atoms with Crippen LogP contribution in [-0.4, -0.2) is 18.2 Å². The van der Waals surface area contributed by atoms with Gasteiger partial charge in [0.15, 0.2) is 5.82 Å². The number of benzene rings is 1. The summed E-state index contributed by atoms with van der Waals surface area (Å²) in [6.07, 6.45) is 3.00. The molecule has 1 aliphatic rings. The van der Waals surface area contributed by atoms with Crippen LogP contribution in [0.25, 0.3) is 0 Å². The Morgan fingerprint density at radius 2 is 1.96 bits per heavy atom. The van der Waals surface area contributed by atoms with E-state index in [2.05, 4.69) is 4.72 Å². The maximum Gasteiger partial charge on any atom is 0.286 e. The van der Waals surface area contributed by atoms with E-state index in [1.807, 2.05) is 0 Å². The molecular formula is C19H22F2N2O3S. The fraction of sp³-hybridized carbons (Fsp3) is 0.421. The number of hydrogen-bond donors (Lipinski definition) is 1. The molecule has 146 valence electrons. The zero-order valence-electron chi connectivity index (χ0n) is 15.3. The topological polar surface area (TPSA) is 68.2 Å². The van der Waals surface area contributed by atoms with Gasteiger partial charge in [-0.15, -0.1) is 0 Å². The molecule has 3 rings (SSSR count). The van der Waals surface area contributed by atoms with Gasteiger partial charge < -0.3 is 4.57 Å². The molecule has 1 aliphatic carbocycles. The minimum absolute atomic E-state index is 0.0131. The Labute approximate surface area is 157 Å². The smallest absolute Gasteiger partial charge is 0.286 e. The first-order valence-electron chi connectivity index (χ1n) is 8.91. The number of pyridine rings is 1. The summed E-state index contributed by atoms with van der Waals surface area (Å²) >= 11 is 0. The predicted octanol–water partition coefficient (Wildman–Crippen LogP) is 3.34. The van der Waals surface area contributed by atoms with Crippen molar-refractivity contribution in [2.75, 3.05) is 4.72 Å². The highest BCUT2D eigenvalue weighted by Gasteiger charge is 2.32. The van der Waals surface area contributed by atoms with Gasteiger partial charge in [0.2, 0.25) is 10.0 Å². The number of nitrogens with one attached hydrogen (secondary N) is 1. The molecule has 0 aliphatic heterocycles. The Morgan fingerprint density at radius 3 is 2.52 bits per heavy atom. The van der Waals surface area contributed by atoms with Crippen LogP contribution in [0, 0.1) is 18.6 Å². The second-order valence-electron chi connectivity index (χ2n) is 6.90. The highest BCUT2D eigenvalue weighted by atomic mass is 32.2. The third-order valence-electron chi connectivity index (χ3n) is 4.98. The van der Waals surface area contributed by atoms with Gasteiger partial charge in [0.1, 0.15) is 5.82 Å². The lowest BCUT2D eigenvalue weighted by Crippen LogP contribution is -2.34. The molecule has 1 fully saturated rings. The van der Waals surface area contributed by atoms with Crippen molar-refractivity contribution in [3.05, 3.63) is 63.1 Å². The summed E-state index contributed by atoms with van der Waals surface area (Å²) in [5, 5.41) is -0.522. The molecule has 1 aromatic carbocycles. The summed E-state index contributed by atoms with van der Waals surface area (Å²) in [5.41, 5.74) is -0.107. The van der Waals surface area contributed by atoms with Crippen LogP contribution < -0.4 is 10.3 Å². The summed E-state index contributed by atoms with van der Waals surface area (Å²) in [4.78, 5) is 12.2. The number of aryl methyl sites for hydroxylation is 2. The van der Waals surface area contributed by atoms with E-state index in [1.165, 1.54) is 18.3 Å². The van der Waals surface area contributed by atoms with Crippen molar-refractivity contribution in [3.63, 3.8) is 0 Å². The molecule has 0 amide bonds. The van der Waals surface area contributed by atoms with Gasteiger partial charge in [-0.2, -0.15) is 0 Å². The van der Waals surface area contributed by atoms with E-state index in [9.17, 15) is 22.0 Å². The zero-order valence-corrected chi connectivity index (χ0v) is 16.1. The van der Waals surface area contributed by atoms with Gasteiger partial charge in [-0.3, -0.25) is 9.52 Å². The molecule has 0 saturated heterocycles. The lowest BCUT2D eigenvalue weighted by Gasteiger charge is -2.26. The van der Waals surface area contributed by atoms with Crippen molar-refractivity contribution in [1.29, 1.82) is 0 Å². The monoisotopic (exact) mass is 396 g/mol. The SMILES string of the molecule is CCn1cc(NS(=O)(=O)C2CCC2)c(Cc2ccc(C)cc2F)c(F)c1=O. The average Bonchev–Trinajstić information content (AvgIpc) is 2.53. The first-order chi connectivity index (χ1) is 12.7. The number of sulfonamides is 1. The number of anilines is 1. The third kappa shape index (κ3) is 3.90. The van der Waals surface area contributed by atoms with Crippen LogP contribution in [0.15, 0.2) is 29.2 Å². The Kier molecular flexibility index (Phi) is 5.37. The molecule has 8 heteroatoms. The van der Waals surface area contributed by atoms with Gasteiger partial charge in [0.05, 0.1) is 10.9 Å². The van der Waals surface area contributed by atoms with Crippen molar-refractivity contribution in [1.82, 2.24) is 4.57 Å². The standard InChI is InChI=1S/C19H22F2N2O3S/c1-3-23-11-17(22-27(25,26)14-5-4-6-14)15(18(21)19(23)24)10-13-8-7-12(2)9-16(13)20/h7-9,11,14,22H,3-6,10H2,1-2H3. The van der Waals surface area contributed by atoms with Gasteiger partial charge in [0.25, 0.3) is 5.56 Å². The Balaban J connectivity index is 2.07. The molecule has 1 saturated carbocycles. The van der Waals surface area contributed by atoms with E-state index in [1.54, 1.807) is 19.9 Å². The summed E-state index contributed by atoms with van der Waals surface area (Å²) in [7, 11) is -3.69. The van der Waals surface area contributed by atoms with Crippen LogP contribution in [0.1, 0.15) is 42.9 Å². The van der Waals surface area contributed by atoms with Crippen LogP contribution in [0.4, 0.5) is 14.5 Å². The fourth-order valence-electron chi connectivity index (χ4n) is 3.07. The number of aromatic nitrogens is 1. The molecule has 5 nitrogen and oxygen atoms in total. The predicted molar refractivity (Wildman–Crippen MR) is 100 cm³/mol. The lowest BCUT2D eigenvalue weighted by molar-refractivity contribution is 0.479. The fourth-order valence-corrected chi connectivity index (χ4v) is 4.67. The minimum atomic E-state index is -3.69. The van der Waals surface area contributed by atoms with E-state index in [4.69, 9.17) is 0 Å². The van der Waals surface area contributed by atoms with Crippen LogP contribution >= 0.6 is 0 Å². The number of halogens is 2. The molecule has 1 N–H and O–H groups in total. The second kappa shape index (κ2) is 7.42. The van der Waals surface area contributed by atoms with Crippen molar-refractivity contribution >= 4 is 15.7 Å². The minimum Gasteiger partial charge on any atom is -0.311 e. The quantitative estimate of drug-likeness (QED) is 0.814. The van der Waals surface area contributed by atoms with Gasteiger partial charge >= 0.3 is 0 Å². The molecule has 1 heterocycles. The third-order valence-corrected chi connectivity index (χ3v) is 6.84. The Bertz CT molecular complexity index is 1030. The summed E-state index contributed by atoms with van der Waals surface area (Å²) in [5.74, 6) is -1.59. The molecule has 0 bridgehead atoms. The maximum atomic E-state index is 14.8. The Hall–Kier alpha value is -2.22.